The number of halogens is 1. The van der Waals surface area contributed by atoms with Gasteiger partial charge in [0.2, 0.25) is 0 Å². The van der Waals surface area contributed by atoms with Gasteiger partial charge in [-0.05, 0) is 30.5 Å². The molecule has 0 aromatic heterocycles. The highest BCUT2D eigenvalue weighted by molar-refractivity contribution is 5.16. The zero-order valence-electron chi connectivity index (χ0n) is 10.0. The van der Waals surface area contributed by atoms with Crippen LogP contribution in [0.3, 0.4) is 0 Å². The molecule has 2 aliphatic rings. The van der Waals surface area contributed by atoms with Gasteiger partial charge >= 0.3 is 0 Å². The number of benzene rings is 1. The number of nitrogens with zero attached hydrogens (tertiary/aromatic N) is 1. The molecule has 0 amide bonds. The van der Waals surface area contributed by atoms with Gasteiger partial charge in [-0.3, -0.25) is 4.90 Å². The summed E-state index contributed by atoms with van der Waals surface area (Å²) in [4.78, 5) is 2.50. The molecular formula is C14H19FN2. The van der Waals surface area contributed by atoms with Gasteiger partial charge in [0.25, 0.3) is 0 Å². The van der Waals surface area contributed by atoms with Gasteiger partial charge in [0.05, 0.1) is 0 Å². The van der Waals surface area contributed by atoms with Gasteiger partial charge in [-0.25, -0.2) is 4.39 Å². The molecular weight excluding hydrogens is 215 g/mol. The Balaban J connectivity index is 1.63. The summed E-state index contributed by atoms with van der Waals surface area (Å²) in [6.07, 6.45) is 3.97. The monoisotopic (exact) mass is 234 g/mol. The molecule has 0 aliphatic carbocycles. The summed E-state index contributed by atoms with van der Waals surface area (Å²) in [5.74, 6) is -0.147. The first kappa shape index (κ1) is 11.2. The van der Waals surface area contributed by atoms with E-state index in [0.29, 0.717) is 12.1 Å². The molecule has 0 radical (unpaired) electrons. The number of hydrogen-bond acceptors (Lipinski definition) is 2. The molecule has 1 aromatic rings. The van der Waals surface area contributed by atoms with Crippen molar-refractivity contribution in [3.8, 4) is 0 Å². The second-order valence-corrected chi connectivity index (χ2v) is 5.31. The first-order valence-corrected chi connectivity index (χ1v) is 6.52. The molecule has 17 heavy (non-hydrogen) atoms. The lowest BCUT2D eigenvalue weighted by Gasteiger charge is -2.42. The summed E-state index contributed by atoms with van der Waals surface area (Å²) in [7, 11) is 0. The summed E-state index contributed by atoms with van der Waals surface area (Å²) >= 11 is 0. The molecule has 2 unspecified atom stereocenters. The third-order valence-corrected chi connectivity index (χ3v) is 3.85. The Kier molecular flexibility index (Phi) is 3.12. The van der Waals surface area contributed by atoms with Gasteiger partial charge in [-0.1, -0.05) is 18.6 Å². The van der Waals surface area contributed by atoms with Crippen LogP contribution in [0.4, 0.5) is 4.39 Å². The van der Waals surface area contributed by atoms with Crippen molar-refractivity contribution in [1.29, 1.82) is 0 Å². The molecule has 3 rings (SSSR count). The van der Waals surface area contributed by atoms with Gasteiger partial charge in [0, 0.05) is 31.7 Å². The molecule has 1 N–H and O–H groups in total. The van der Waals surface area contributed by atoms with Crippen LogP contribution in [0.25, 0.3) is 0 Å². The number of piperidine rings is 1. The molecule has 2 fully saturated rings. The predicted octanol–water partition coefficient (Wildman–Crippen LogP) is 2.15. The van der Waals surface area contributed by atoms with Crippen LogP contribution in [0.2, 0.25) is 0 Å². The van der Waals surface area contributed by atoms with Crippen molar-refractivity contribution < 1.29 is 4.39 Å². The maximum absolute atomic E-state index is 12.8. The highest BCUT2D eigenvalue weighted by atomic mass is 19.1. The molecule has 2 aliphatic heterocycles. The van der Waals surface area contributed by atoms with Crippen LogP contribution >= 0.6 is 0 Å². The minimum absolute atomic E-state index is 0.147. The summed E-state index contributed by atoms with van der Waals surface area (Å²) in [5.41, 5.74) is 1.21. The van der Waals surface area contributed by atoms with E-state index in [1.165, 1.54) is 24.8 Å². The first-order valence-electron chi connectivity index (χ1n) is 6.52. The average Bonchev–Trinajstić information content (AvgIpc) is 2.32. The molecule has 0 spiro atoms. The lowest BCUT2D eigenvalue weighted by molar-refractivity contribution is 0.119. The third kappa shape index (κ3) is 2.67. The van der Waals surface area contributed by atoms with Gasteiger partial charge in [-0.15, -0.1) is 0 Å². The minimum atomic E-state index is -0.147. The number of likely N-dealkylation sites (tertiary alicyclic amines) is 1. The van der Waals surface area contributed by atoms with Crippen LogP contribution in [-0.4, -0.2) is 30.1 Å². The average molecular weight is 234 g/mol. The van der Waals surface area contributed by atoms with Crippen molar-refractivity contribution in [3.63, 3.8) is 0 Å². The fraction of sp³-hybridized carbons (Fsp3) is 0.571. The van der Waals surface area contributed by atoms with Crippen LogP contribution in [0.15, 0.2) is 24.3 Å². The molecule has 92 valence electrons. The standard InChI is InChI=1S/C14H19FN2/c15-12-6-4-11(5-7-12)8-17-9-13-2-1-3-14(10-17)16-13/h4-7,13-14,16H,1-3,8-10H2. The normalized spacial score (nSPS) is 29.2. The second-order valence-electron chi connectivity index (χ2n) is 5.31. The summed E-state index contributed by atoms with van der Waals surface area (Å²) < 4.78 is 12.8. The Bertz CT molecular complexity index is 364. The molecule has 1 aromatic carbocycles. The Labute approximate surface area is 102 Å². The van der Waals surface area contributed by atoms with E-state index in [4.69, 9.17) is 0 Å². The van der Waals surface area contributed by atoms with Crippen molar-refractivity contribution in [1.82, 2.24) is 10.2 Å². The Hall–Kier alpha value is -0.930. The summed E-state index contributed by atoms with van der Waals surface area (Å²) in [6, 6.07) is 8.24. The molecule has 0 saturated carbocycles. The van der Waals surface area contributed by atoms with E-state index in [9.17, 15) is 4.39 Å². The maximum Gasteiger partial charge on any atom is 0.123 e. The van der Waals surface area contributed by atoms with E-state index in [-0.39, 0.29) is 5.82 Å². The smallest absolute Gasteiger partial charge is 0.123 e. The Morgan fingerprint density at radius 1 is 1.12 bits per heavy atom. The lowest BCUT2D eigenvalue weighted by atomic mass is 9.94. The number of fused-ring (bicyclic) bond motifs is 2. The first-order chi connectivity index (χ1) is 8.29. The van der Waals surface area contributed by atoms with Crippen LogP contribution < -0.4 is 5.32 Å². The molecule has 2 atom stereocenters. The van der Waals surface area contributed by atoms with E-state index >= 15 is 0 Å². The fourth-order valence-corrected chi connectivity index (χ4v) is 3.07. The van der Waals surface area contributed by atoms with Crippen LogP contribution in [-0.2, 0) is 6.54 Å². The van der Waals surface area contributed by atoms with Crippen LogP contribution in [0.5, 0.6) is 0 Å². The van der Waals surface area contributed by atoms with Gasteiger partial charge < -0.3 is 5.32 Å². The van der Waals surface area contributed by atoms with Crippen molar-refractivity contribution >= 4 is 0 Å². The minimum Gasteiger partial charge on any atom is -0.309 e. The predicted molar refractivity (Wildman–Crippen MR) is 66.2 cm³/mol. The van der Waals surface area contributed by atoms with E-state index < -0.39 is 0 Å². The largest absolute Gasteiger partial charge is 0.309 e. The van der Waals surface area contributed by atoms with E-state index in [1.807, 2.05) is 12.1 Å². The SMILES string of the molecule is Fc1ccc(CN2CC3CCCC(C2)N3)cc1. The molecule has 2 nitrogen and oxygen atoms in total. The van der Waals surface area contributed by atoms with Crippen molar-refractivity contribution in [3.05, 3.63) is 35.6 Å². The number of piperazine rings is 1. The molecule has 2 heterocycles. The molecule has 2 bridgehead atoms. The van der Waals surface area contributed by atoms with E-state index in [0.717, 1.165) is 19.6 Å². The Morgan fingerprint density at radius 2 is 1.76 bits per heavy atom. The highest BCUT2D eigenvalue weighted by Gasteiger charge is 2.29. The van der Waals surface area contributed by atoms with E-state index in [1.54, 1.807) is 12.1 Å². The summed E-state index contributed by atoms with van der Waals surface area (Å²) in [6.45, 7) is 3.22. The van der Waals surface area contributed by atoms with E-state index in [2.05, 4.69) is 10.2 Å². The summed E-state index contributed by atoms with van der Waals surface area (Å²) in [5, 5.41) is 3.68. The number of hydrogen-bond donors (Lipinski definition) is 1. The number of nitrogens with one attached hydrogen (secondary N) is 1. The Morgan fingerprint density at radius 3 is 2.41 bits per heavy atom. The highest BCUT2D eigenvalue weighted by Crippen LogP contribution is 2.20. The van der Waals surface area contributed by atoms with Gasteiger partial charge in [0.15, 0.2) is 0 Å². The van der Waals surface area contributed by atoms with Gasteiger partial charge in [0.1, 0.15) is 5.82 Å². The lowest BCUT2D eigenvalue weighted by Crippen LogP contribution is -2.58. The topological polar surface area (TPSA) is 15.3 Å². The zero-order chi connectivity index (χ0) is 11.7. The fourth-order valence-electron chi connectivity index (χ4n) is 3.07. The van der Waals surface area contributed by atoms with Gasteiger partial charge in [-0.2, -0.15) is 0 Å². The zero-order valence-corrected chi connectivity index (χ0v) is 10.0. The van der Waals surface area contributed by atoms with Crippen molar-refractivity contribution in [2.24, 2.45) is 0 Å². The van der Waals surface area contributed by atoms with Crippen LogP contribution in [0, 0.1) is 5.82 Å². The quantitative estimate of drug-likeness (QED) is 0.843. The third-order valence-electron chi connectivity index (χ3n) is 3.85. The maximum atomic E-state index is 12.8. The van der Waals surface area contributed by atoms with Crippen molar-refractivity contribution in [2.75, 3.05) is 13.1 Å². The number of rotatable bonds is 2. The molecule has 3 heteroatoms. The van der Waals surface area contributed by atoms with Crippen molar-refractivity contribution in [2.45, 2.75) is 37.9 Å². The van der Waals surface area contributed by atoms with Crippen LogP contribution in [0.1, 0.15) is 24.8 Å². The second kappa shape index (κ2) is 4.75. The molecule has 2 saturated heterocycles.